The van der Waals surface area contributed by atoms with Crippen molar-refractivity contribution in [3.05, 3.63) is 11.8 Å². The first-order valence-electron chi connectivity index (χ1n) is 8.04. The van der Waals surface area contributed by atoms with Gasteiger partial charge in [-0.3, -0.25) is 15.1 Å². The Morgan fingerprint density at radius 1 is 1.27 bits per heavy atom. The van der Waals surface area contributed by atoms with Crippen LogP contribution in [0, 0.1) is 10.8 Å². The van der Waals surface area contributed by atoms with Crippen LogP contribution in [0.3, 0.4) is 0 Å². The highest BCUT2D eigenvalue weighted by atomic mass is 16.3. The van der Waals surface area contributed by atoms with Crippen molar-refractivity contribution in [3.8, 4) is 0 Å². The highest BCUT2D eigenvalue weighted by molar-refractivity contribution is 6.05. The van der Waals surface area contributed by atoms with E-state index in [1.165, 1.54) is 12.5 Å². The lowest BCUT2D eigenvalue weighted by Crippen LogP contribution is -2.59. The predicted octanol–water partition coefficient (Wildman–Crippen LogP) is 3.22. The minimum atomic E-state index is -0.669. The lowest BCUT2D eigenvalue weighted by atomic mass is 9.92. The number of allylic oxidation sites excluding steroid dienone is 1. The van der Waals surface area contributed by atoms with Gasteiger partial charge in [0.05, 0.1) is 5.54 Å². The Labute approximate surface area is 134 Å². The average Bonchev–Trinajstić information content (AvgIpc) is 2.37. The van der Waals surface area contributed by atoms with Crippen molar-refractivity contribution in [2.24, 2.45) is 5.41 Å². The predicted molar refractivity (Wildman–Crippen MR) is 90.1 cm³/mol. The molecular formula is C17H31N3O2. The Hall–Kier alpha value is -1.36. The third kappa shape index (κ3) is 4.57. The summed E-state index contributed by atoms with van der Waals surface area (Å²) in [6, 6.07) is 0.363. The zero-order valence-corrected chi connectivity index (χ0v) is 14.8. The molecule has 1 aliphatic rings. The minimum absolute atomic E-state index is 0.0739. The molecule has 0 spiro atoms. The molecule has 0 saturated carbocycles. The molecule has 1 amide bonds. The van der Waals surface area contributed by atoms with Gasteiger partial charge in [-0.2, -0.15) is 0 Å². The van der Waals surface area contributed by atoms with Crippen LogP contribution in [0.15, 0.2) is 11.8 Å². The quantitative estimate of drug-likeness (QED) is 0.425. The first-order chi connectivity index (χ1) is 9.96. The second-order valence-electron chi connectivity index (χ2n) is 7.74. The smallest absolute Gasteiger partial charge is 0.245 e. The van der Waals surface area contributed by atoms with E-state index < -0.39 is 11.0 Å². The van der Waals surface area contributed by atoms with Gasteiger partial charge in [0.15, 0.2) is 0 Å². The topological polar surface area (TPSA) is 76.4 Å². The Bertz CT molecular complexity index is 461. The zero-order valence-electron chi connectivity index (χ0n) is 14.8. The molecule has 1 aliphatic heterocycles. The van der Waals surface area contributed by atoms with Crippen molar-refractivity contribution in [2.75, 3.05) is 6.54 Å². The Morgan fingerprint density at radius 3 is 2.36 bits per heavy atom. The fraction of sp³-hybridized carbons (Fsp3) is 0.765. The third-order valence-electron chi connectivity index (χ3n) is 4.37. The number of hydrogen-bond acceptors (Lipinski definition) is 4. The molecule has 1 heterocycles. The van der Waals surface area contributed by atoms with Crippen molar-refractivity contribution >= 4 is 11.7 Å². The van der Waals surface area contributed by atoms with Crippen molar-refractivity contribution in [3.63, 3.8) is 0 Å². The van der Waals surface area contributed by atoms with Crippen molar-refractivity contribution in [1.82, 2.24) is 10.2 Å². The lowest BCUT2D eigenvalue weighted by molar-refractivity contribution is -0.132. The van der Waals surface area contributed by atoms with Gasteiger partial charge in [0.1, 0.15) is 11.6 Å². The van der Waals surface area contributed by atoms with Crippen LogP contribution < -0.4 is 5.32 Å². The largest absolute Gasteiger partial charge is 0.512 e. The van der Waals surface area contributed by atoms with Crippen LogP contribution in [0.2, 0.25) is 0 Å². The highest BCUT2D eigenvalue weighted by Gasteiger charge is 2.38. The maximum Gasteiger partial charge on any atom is 0.245 e. The molecule has 0 aromatic carbocycles. The Balaban J connectivity index is 2.76. The van der Waals surface area contributed by atoms with Gasteiger partial charge in [0.2, 0.25) is 5.91 Å². The monoisotopic (exact) mass is 309 g/mol. The highest BCUT2D eigenvalue weighted by Crippen LogP contribution is 2.26. The molecule has 5 heteroatoms. The van der Waals surface area contributed by atoms with Crippen molar-refractivity contribution < 1.29 is 9.90 Å². The molecule has 5 nitrogen and oxygen atoms in total. The van der Waals surface area contributed by atoms with E-state index in [0.29, 0.717) is 6.04 Å². The van der Waals surface area contributed by atoms with Gasteiger partial charge in [-0.05, 0) is 40.2 Å². The maximum atomic E-state index is 12.5. The van der Waals surface area contributed by atoms with E-state index in [9.17, 15) is 9.90 Å². The molecular weight excluding hydrogens is 278 g/mol. The molecule has 3 N–H and O–H groups in total. The number of rotatable bonds is 3. The summed E-state index contributed by atoms with van der Waals surface area (Å²) < 4.78 is 0. The van der Waals surface area contributed by atoms with Crippen LogP contribution in [0.25, 0.3) is 0 Å². The van der Waals surface area contributed by atoms with E-state index in [-0.39, 0.29) is 17.5 Å². The van der Waals surface area contributed by atoms with Gasteiger partial charge in [-0.25, -0.2) is 0 Å². The van der Waals surface area contributed by atoms with Crippen LogP contribution in [0.1, 0.15) is 60.8 Å². The molecule has 0 bridgehead atoms. The van der Waals surface area contributed by atoms with Crippen LogP contribution in [-0.2, 0) is 4.79 Å². The van der Waals surface area contributed by atoms with Crippen LogP contribution in [-0.4, -0.2) is 39.9 Å². The zero-order chi connectivity index (χ0) is 17.1. The summed E-state index contributed by atoms with van der Waals surface area (Å²) in [5.41, 5.74) is -1.11. The third-order valence-corrected chi connectivity index (χ3v) is 4.37. The number of hydrogen-bond donors (Lipinski definition) is 3. The SMILES string of the molecule is CC1CCCCN1C(C)(C)C(=O)NC(=N)/C=C(\O)C(C)(C)C. The number of amides is 1. The number of aliphatic hydroxyl groups is 1. The summed E-state index contributed by atoms with van der Waals surface area (Å²) in [5.74, 6) is -0.193. The standard InChI is InChI=1S/C17H31N3O2/c1-12-9-7-8-10-20(12)17(5,6)15(22)19-14(18)11-13(21)16(2,3)4/h11-12,21H,7-10H2,1-6H3,(H2,18,19,22)/b13-11-. The Kier molecular flexibility index (Phi) is 5.79. The van der Waals surface area contributed by atoms with Gasteiger partial charge in [-0.1, -0.05) is 27.2 Å². The lowest BCUT2D eigenvalue weighted by Gasteiger charge is -2.43. The normalized spacial score (nSPS) is 21.5. The first-order valence-corrected chi connectivity index (χ1v) is 8.04. The van der Waals surface area contributed by atoms with E-state index in [1.807, 2.05) is 34.6 Å². The van der Waals surface area contributed by atoms with Crippen LogP contribution in [0.5, 0.6) is 0 Å². The van der Waals surface area contributed by atoms with E-state index in [0.717, 1.165) is 19.4 Å². The molecule has 1 fully saturated rings. The second-order valence-corrected chi connectivity index (χ2v) is 7.74. The fourth-order valence-corrected chi connectivity index (χ4v) is 2.72. The van der Waals surface area contributed by atoms with Crippen molar-refractivity contribution in [2.45, 2.75) is 72.4 Å². The molecule has 1 unspecified atom stereocenters. The number of nitrogens with one attached hydrogen (secondary N) is 2. The van der Waals surface area contributed by atoms with Gasteiger partial charge in [0, 0.05) is 17.5 Å². The van der Waals surface area contributed by atoms with E-state index in [1.54, 1.807) is 0 Å². The van der Waals surface area contributed by atoms with Gasteiger partial charge < -0.3 is 10.4 Å². The van der Waals surface area contributed by atoms with E-state index >= 15 is 0 Å². The summed E-state index contributed by atoms with van der Waals surface area (Å²) in [4.78, 5) is 14.7. The number of carbonyl (C=O) groups excluding carboxylic acids is 1. The molecule has 126 valence electrons. The summed E-state index contributed by atoms with van der Waals surface area (Å²) in [6.07, 6.45) is 4.71. The number of aliphatic hydroxyl groups excluding tert-OH is 1. The molecule has 1 atom stereocenters. The number of piperidine rings is 1. The van der Waals surface area contributed by atoms with Gasteiger partial charge >= 0.3 is 0 Å². The average molecular weight is 309 g/mol. The summed E-state index contributed by atoms with van der Waals surface area (Å²) >= 11 is 0. The summed E-state index contributed by atoms with van der Waals surface area (Å²) in [7, 11) is 0. The minimum Gasteiger partial charge on any atom is -0.512 e. The van der Waals surface area contributed by atoms with Crippen molar-refractivity contribution in [1.29, 1.82) is 5.41 Å². The summed E-state index contributed by atoms with van der Waals surface area (Å²) in [5, 5.41) is 20.4. The first kappa shape index (κ1) is 18.7. The number of carbonyl (C=O) groups is 1. The maximum absolute atomic E-state index is 12.5. The fourth-order valence-electron chi connectivity index (χ4n) is 2.72. The molecule has 1 saturated heterocycles. The molecule has 22 heavy (non-hydrogen) atoms. The number of likely N-dealkylation sites (tertiary alicyclic amines) is 1. The van der Waals surface area contributed by atoms with E-state index in [2.05, 4.69) is 17.1 Å². The van der Waals surface area contributed by atoms with Crippen LogP contribution in [0.4, 0.5) is 0 Å². The van der Waals surface area contributed by atoms with E-state index in [4.69, 9.17) is 5.41 Å². The molecule has 1 rings (SSSR count). The Morgan fingerprint density at radius 2 is 1.86 bits per heavy atom. The molecule has 0 aromatic heterocycles. The number of amidine groups is 1. The van der Waals surface area contributed by atoms with Crippen LogP contribution >= 0.6 is 0 Å². The van der Waals surface area contributed by atoms with Gasteiger partial charge in [-0.15, -0.1) is 0 Å². The molecule has 0 aromatic rings. The summed E-state index contributed by atoms with van der Waals surface area (Å²) in [6.45, 7) is 12.4. The second kappa shape index (κ2) is 6.82. The molecule has 0 radical (unpaired) electrons. The number of nitrogens with zero attached hydrogens (tertiary/aromatic N) is 1. The van der Waals surface area contributed by atoms with Gasteiger partial charge in [0.25, 0.3) is 0 Å². The molecule has 0 aliphatic carbocycles.